The summed E-state index contributed by atoms with van der Waals surface area (Å²) in [5.41, 5.74) is 5.11. The van der Waals surface area contributed by atoms with Gasteiger partial charge >= 0.3 is 0 Å². The lowest BCUT2D eigenvalue weighted by Crippen LogP contribution is -2.70. The Balaban J connectivity index is 1.36. The summed E-state index contributed by atoms with van der Waals surface area (Å²) in [4.78, 5) is 35.1. The summed E-state index contributed by atoms with van der Waals surface area (Å²) < 4.78 is 35.5. The number of halogens is 1. The molecule has 1 amide bonds. The molecule has 1 saturated carbocycles. The van der Waals surface area contributed by atoms with Crippen molar-refractivity contribution in [2.75, 3.05) is 19.8 Å². The predicted octanol–water partition coefficient (Wildman–Crippen LogP) is 10.5. The Morgan fingerprint density at radius 3 is 2.37 bits per heavy atom. The lowest BCUT2D eigenvalue weighted by Gasteiger charge is -2.60. The van der Waals surface area contributed by atoms with E-state index in [-0.39, 0.29) is 63.1 Å². The molecule has 0 bridgehead atoms. The van der Waals surface area contributed by atoms with E-state index >= 15 is 4.79 Å². The second-order valence-electron chi connectivity index (χ2n) is 17.6. The molecule has 1 fully saturated rings. The Bertz CT molecular complexity index is 2650. The van der Waals surface area contributed by atoms with Crippen LogP contribution in [0.4, 0.5) is 4.39 Å². The van der Waals surface area contributed by atoms with Crippen LogP contribution in [0.2, 0.25) is 0 Å². The van der Waals surface area contributed by atoms with Crippen molar-refractivity contribution in [3.05, 3.63) is 185 Å². The Morgan fingerprint density at radius 1 is 0.897 bits per heavy atom. The number of hydrogen-bond donors (Lipinski definition) is 2. The SMILES string of the molecule is C=CCOC12Oc3ccc(Oc4cccc(C=O)c4)cc3C3C(CCCCO)C(CCCCO)C=C(C(=NOCc4ccccc4)CC1N(Cc1ccc(F)cc1)C(=O)c1ccc(C#N)cc1)C32. The van der Waals surface area contributed by atoms with Gasteiger partial charge in [0, 0.05) is 48.8 Å². The summed E-state index contributed by atoms with van der Waals surface area (Å²) in [6, 6.07) is 36.1. The summed E-state index contributed by atoms with van der Waals surface area (Å²) in [5.74, 6) is -1.84. The summed E-state index contributed by atoms with van der Waals surface area (Å²) in [5, 5.41) is 34.7. The number of allylic oxidation sites excluding steroid dienone is 1. The number of hydrogen-bond acceptors (Lipinski definition) is 10. The first-order chi connectivity index (χ1) is 33.3. The van der Waals surface area contributed by atoms with Gasteiger partial charge in [-0.05, 0) is 121 Å². The second-order valence-corrected chi connectivity index (χ2v) is 17.6. The molecule has 2 aliphatic carbocycles. The van der Waals surface area contributed by atoms with E-state index in [0.717, 1.165) is 48.7 Å². The minimum Gasteiger partial charge on any atom is -0.459 e. The van der Waals surface area contributed by atoms with Crippen molar-refractivity contribution in [3.8, 4) is 23.3 Å². The Morgan fingerprint density at radius 2 is 1.65 bits per heavy atom. The number of nitrogens with zero attached hydrogens (tertiary/aromatic N) is 3. The molecule has 8 rings (SSSR count). The highest BCUT2D eigenvalue weighted by atomic mass is 19.1. The highest BCUT2D eigenvalue weighted by Crippen LogP contribution is 2.62. The normalized spacial score (nSPS) is 21.8. The maximum Gasteiger partial charge on any atom is 0.254 e. The number of benzene rings is 5. The van der Waals surface area contributed by atoms with Crippen molar-refractivity contribution < 1.29 is 43.2 Å². The molecular formula is C56H56FN3O8. The zero-order valence-electron chi connectivity index (χ0n) is 37.9. The van der Waals surface area contributed by atoms with Gasteiger partial charge in [-0.3, -0.25) is 9.59 Å². The van der Waals surface area contributed by atoms with E-state index in [4.69, 9.17) is 24.2 Å². The van der Waals surface area contributed by atoms with Gasteiger partial charge in [0.1, 0.15) is 42.0 Å². The van der Waals surface area contributed by atoms with Crippen molar-refractivity contribution in [2.24, 2.45) is 22.9 Å². The van der Waals surface area contributed by atoms with Crippen LogP contribution in [0.25, 0.3) is 0 Å². The third-order valence-corrected chi connectivity index (χ3v) is 13.3. The molecule has 5 aromatic rings. The largest absolute Gasteiger partial charge is 0.459 e. The molecule has 68 heavy (non-hydrogen) atoms. The number of unbranched alkanes of at least 4 members (excludes halogenated alkanes) is 2. The highest BCUT2D eigenvalue weighted by Gasteiger charge is 2.65. The molecule has 350 valence electrons. The number of carbonyl (C=O) groups excluding carboxylic acids is 2. The van der Waals surface area contributed by atoms with Crippen LogP contribution in [0.1, 0.15) is 93.8 Å². The maximum absolute atomic E-state index is 15.4. The molecule has 0 spiro atoms. The van der Waals surface area contributed by atoms with Gasteiger partial charge < -0.3 is 34.2 Å². The van der Waals surface area contributed by atoms with Crippen LogP contribution in [0.3, 0.4) is 0 Å². The number of rotatable bonds is 21. The van der Waals surface area contributed by atoms with Gasteiger partial charge in [-0.25, -0.2) is 4.39 Å². The topological polar surface area (TPSA) is 151 Å². The quantitative estimate of drug-likeness (QED) is 0.0317. The molecule has 5 aromatic carbocycles. The van der Waals surface area contributed by atoms with E-state index in [1.54, 1.807) is 71.6 Å². The molecule has 11 nitrogen and oxygen atoms in total. The van der Waals surface area contributed by atoms with Gasteiger partial charge in [0.2, 0.25) is 5.79 Å². The molecule has 0 aromatic heterocycles. The third-order valence-electron chi connectivity index (χ3n) is 13.3. The van der Waals surface area contributed by atoms with Crippen molar-refractivity contribution in [2.45, 2.75) is 75.8 Å². The lowest BCUT2D eigenvalue weighted by atomic mass is 9.55. The summed E-state index contributed by atoms with van der Waals surface area (Å²) >= 11 is 0. The van der Waals surface area contributed by atoms with E-state index in [1.807, 2.05) is 48.5 Å². The van der Waals surface area contributed by atoms with Crippen LogP contribution in [0.15, 0.2) is 151 Å². The van der Waals surface area contributed by atoms with Crippen LogP contribution in [-0.2, 0) is 22.7 Å². The number of oxime groups is 1. The van der Waals surface area contributed by atoms with Crippen LogP contribution >= 0.6 is 0 Å². The van der Waals surface area contributed by atoms with E-state index in [9.17, 15) is 24.7 Å². The fourth-order valence-corrected chi connectivity index (χ4v) is 10.2. The summed E-state index contributed by atoms with van der Waals surface area (Å²) in [6.07, 6.45) is 9.04. The minimum absolute atomic E-state index is 0.0140. The molecule has 1 heterocycles. The molecule has 6 unspecified atom stereocenters. The number of aliphatic hydroxyl groups is 2. The number of carbonyl (C=O) groups is 2. The molecule has 12 heteroatoms. The van der Waals surface area contributed by atoms with Gasteiger partial charge in [0.25, 0.3) is 5.91 Å². The first-order valence-electron chi connectivity index (χ1n) is 23.3. The van der Waals surface area contributed by atoms with Crippen LogP contribution < -0.4 is 9.47 Å². The maximum atomic E-state index is 15.4. The van der Waals surface area contributed by atoms with Gasteiger partial charge in [0.15, 0.2) is 0 Å². The Kier molecular flexibility index (Phi) is 15.6. The first-order valence-corrected chi connectivity index (χ1v) is 23.3. The number of amides is 1. The van der Waals surface area contributed by atoms with Crippen LogP contribution in [0, 0.1) is 34.9 Å². The van der Waals surface area contributed by atoms with Gasteiger partial charge in [-0.15, -0.1) is 6.58 Å². The molecule has 1 aliphatic heterocycles. The third kappa shape index (κ3) is 10.5. The number of fused-ring (bicyclic) bond motifs is 2. The smallest absolute Gasteiger partial charge is 0.254 e. The van der Waals surface area contributed by atoms with Crippen molar-refractivity contribution in [1.29, 1.82) is 5.26 Å². The average molecular weight is 918 g/mol. The fraction of sp³-hybridized carbons (Fsp3) is 0.321. The van der Waals surface area contributed by atoms with Crippen molar-refractivity contribution in [3.63, 3.8) is 0 Å². The lowest BCUT2D eigenvalue weighted by molar-refractivity contribution is -0.255. The number of nitriles is 1. The van der Waals surface area contributed by atoms with E-state index in [2.05, 4.69) is 18.7 Å². The fourth-order valence-electron chi connectivity index (χ4n) is 10.2. The summed E-state index contributed by atoms with van der Waals surface area (Å²) in [7, 11) is 0. The zero-order valence-corrected chi connectivity index (χ0v) is 37.9. The predicted molar refractivity (Wildman–Crippen MR) is 256 cm³/mol. The molecule has 3 aliphatic rings. The number of ether oxygens (including phenoxy) is 3. The Labute approximate surface area is 396 Å². The molecule has 0 saturated heterocycles. The summed E-state index contributed by atoms with van der Waals surface area (Å²) in [6.45, 7) is 4.41. The molecule has 0 radical (unpaired) electrons. The minimum atomic E-state index is -1.58. The molecule has 6 atom stereocenters. The Hall–Kier alpha value is -6.91. The molecule has 2 N–H and O–H groups in total. The monoisotopic (exact) mass is 917 g/mol. The van der Waals surface area contributed by atoms with E-state index in [0.29, 0.717) is 58.1 Å². The second kappa shape index (κ2) is 22.3. The van der Waals surface area contributed by atoms with Crippen molar-refractivity contribution in [1.82, 2.24) is 4.90 Å². The van der Waals surface area contributed by atoms with E-state index in [1.165, 1.54) is 12.1 Å². The van der Waals surface area contributed by atoms with Crippen LogP contribution in [-0.4, -0.2) is 64.7 Å². The number of aliphatic hydroxyl groups excluding tert-OH is 2. The van der Waals surface area contributed by atoms with E-state index < -0.39 is 23.6 Å². The number of aldehydes is 1. The zero-order chi connectivity index (χ0) is 47.5. The van der Waals surface area contributed by atoms with Crippen LogP contribution in [0.5, 0.6) is 17.2 Å². The first kappa shape index (κ1) is 47.6. The highest BCUT2D eigenvalue weighted by molar-refractivity contribution is 6.03. The van der Waals surface area contributed by atoms with Gasteiger partial charge in [-0.2, -0.15) is 5.26 Å². The van der Waals surface area contributed by atoms with Gasteiger partial charge in [-0.1, -0.05) is 84.7 Å². The van der Waals surface area contributed by atoms with Crippen molar-refractivity contribution >= 4 is 17.9 Å². The average Bonchev–Trinajstić information content (AvgIpc) is 3.37. The van der Waals surface area contributed by atoms with Gasteiger partial charge in [0.05, 0.1) is 29.9 Å². The molecular weight excluding hydrogens is 862 g/mol. The standard InChI is InChI=1S/C56H56FN3O8/c1-2-29-65-56-52(60(35-39-19-23-44(57)24-20-39)55(64)42-21-17-38(34-58)18-22-42)33-50(59-66-37-40-11-4-3-5-12-40)48-31-43(14-6-8-27-61)47(16-7-9-28-62)53(54(48)56)49-32-46(25-26-51(49)68-56)67-45-15-10-13-41(30-45)36-63/h2-5,10-13,15,17-26,30-32,36,43,47,52-54,61-62H,1,6-9,14,16,27-29,33,35,37H2.